The molecule has 7 N–H and O–H groups in total. The maximum absolute atomic E-state index is 14.5. The third-order valence-electron chi connectivity index (χ3n) is 9.86. The molecule has 0 aromatic heterocycles. The SMILES string of the molecule is CCCCCCN1CCNC(=O)[C@H]([C@H](C)O)NC(=O)[C@H](CN)NC(=O)[C@H](C2CCCCC2)NC(=O)[C@H](CC(C)C)N(C)C(=O)[C@@H]1CC(C)C. The fraction of sp³-hybridized carbons (Fsp3) is 0.861. The number of nitrogens with two attached hydrogens (primary N) is 1. The Bertz CT molecular complexity index is 1060. The summed E-state index contributed by atoms with van der Waals surface area (Å²) in [6.45, 7) is 12.6. The number of hydrogen-bond acceptors (Lipinski definition) is 8. The molecule has 0 unspecified atom stereocenters. The zero-order valence-corrected chi connectivity index (χ0v) is 31.3. The zero-order valence-electron chi connectivity index (χ0n) is 31.3. The smallest absolute Gasteiger partial charge is 0.245 e. The van der Waals surface area contributed by atoms with E-state index in [1.165, 1.54) is 6.92 Å². The molecule has 2 aliphatic rings. The maximum Gasteiger partial charge on any atom is 0.245 e. The number of nitrogens with one attached hydrogen (secondary N) is 4. The molecule has 6 atom stereocenters. The lowest BCUT2D eigenvalue weighted by atomic mass is 9.83. The molecule has 49 heavy (non-hydrogen) atoms. The van der Waals surface area contributed by atoms with Gasteiger partial charge >= 0.3 is 0 Å². The molecular weight excluding hydrogens is 626 g/mol. The molecular formula is C36H67N7O6. The van der Waals surface area contributed by atoms with E-state index >= 15 is 0 Å². The van der Waals surface area contributed by atoms with Gasteiger partial charge < -0.3 is 37.0 Å². The van der Waals surface area contributed by atoms with Crippen LogP contribution in [0.5, 0.6) is 0 Å². The van der Waals surface area contributed by atoms with E-state index in [1.807, 2.05) is 13.8 Å². The number of unbranched alkanes of at least 4 members (excludes halogenated alkanes) is 3. The second kappa shape index (κ2) is 21.4. The Morgan fingerprint density at radius 2 is 1.43 bits per heavy atom. The highest BCUT2D eigenvalue weighted by atomic mass is 16.3. The van der Waals surface area contributed by atoms with E-state index in [-0.39, 0.29) is 36.8 Å². The van der Waals surface area contributed by atoms with Crippen molar-refractivity contribution >= 4 is 29.5 Å². The Morgan fingerprint density at radius 1 is 0.796 bits per heavy atom. The van der Waals surface area contributed by atoms with Crippen molar-refractivity contribution in [2.24, 2.45) is 23.5 Å². The fourth-order valence-electron chi connectivity index (χ4n) is 6.99. The summed E-state index contributed by atoms with van der Waals surface area (Å²) in [6.07, 6.45) is 8.06. The lowest BCUT2D eigenvalue weighted by Crippen LogP contribution is -2.63. The zero-order chi connectivity index (χ0) is 36.7. The quantitative estimate of drug-likeness (QED) is 0.167. The number of aliphatic hydroxyl groups excluding tert-OH is 1. The Labute approximate surface area is 294 Å². The molecule has 13 heteroatoms. The highest BCUT2D eigenvalue weighted by Crippen LogP contribution is 2.27. The number of nitrogens with zero attached hydrogens (tertiary/aromatic N) is 2. The lowest BCUT2D eigenvalue weighted by Gasteiger charge is -2.38. The highest BCUT2D eigenvalue weighted by Gasteiger charge is 2.39. The van der Waals surface area contributed by atoms with Crippen molar-refractivity contribution in [3.8, 4) is 0 Å². The van der Waals surface area contributed by atoms with E-state index in [9.17, 15) is 29.1 Å². The van der Waals surface area contributed by atoms with Crippen molar-refractivity contribution in [3.63, 3.8) is 0 Å². The van der Waals surface area contributed by atoms with Crippen LogP contribution in [0.3, 0.4) is 0 Å². The summed E-state index contributed by atoms with van der Waals surface area (Å²) in [5, 5.41) is 21.6. The van der Waals surface area contributed by atoms with Crippen LogP contribution in [0.15, 0.2) is 0 Å². The van der Waals surface area contributed by atoms with Gasteiger partial charge in [-0.3, -0.25) is 28.9 Å². The van der Waals surface area contributed by atoms with Gasteiger partial charge in [0.05, 0.1) is 12.1 Å². The summed E-state index contributed by atoms with van der Waals surface area (Å²) in [6, 6.07) is -4.79. The molecule has 2 rings (SSSR count). The summed E-state index contributed by atoms with van der Waals surface area (Å²) in [5.41, 5.74) is 5.94. The molecule has 0 bridgehead atoms. The normalized spacial score (nSPS) is 27.3. The van der Waals surface area contributed by atoms with Gasteiger partial charge in [0.2, 0.25) is 29.5 Å². The van der Waals surface area contributed by atoms with Crippen LogP contribution in [0.2, 0.25) is 0 Å². The van der Waals surface area contributed by atoms with E-state index < -0.39 is 59.9 Å². The van der Waals surface area contributed by atoms with Gasteiger partial charge in [0.15, 0.2) is 0 Å². The van der Waals surface area contributed by atoms with E-state index in [4.69, 9.17) is 5.73 Å². The average molecular weight is 694 g/mol. The summed E-state index contributed by atoms with van der Waals surface area (Å²) >= 11 is 0. The molecule has 282 valence electrons. The van der Waals surface area contributed by atoms with Gasteiger partial charge in [-0.15, -0.1) is 0 Å². The molecule has 1 aliphatic heterocycles. The van der Waals surface area contributed by atoms with Crippen molar-refractivity contribution in [1.82, 2.24) is 31.1 Å². The molecule has 13 nitrogen and oxygen atoms in total. The van der Waals surface area contributed by atoms with Crippen LogP contribution < -0.4 is 27.0 Å². The largest absolute Gasteiger partial charge is 0.391 e. The van der Waals surface area contributed by atoms with Crippen LogP contribution in [0.1, 0.15) is 112 Å². The van der Waals surface area contributed by atoms with Crippen molar-refractivity contribution < 1.29 is 29.1 Å². The molecule has 1 aliphatic carbocycles. The van der Waals surface area contributed by atoms with Gasteiger partial charge in [-0.1, -0.05) is 73.1 Å². The minimum absolute atomic E-state index is 0.0851. The number of likely N-dealkylation sites (N-methyl/N-ethyl adjacent to an activating group) is 1. The predicted octanol–water partition coefficient (Wildman–Crippen LogP) is 1.66. The fourth-order valence-corrected chi connectivity index (χ4v) is 6.99. The summed E-state index contributed by atoms with van der Waals surface area (Å²) in [5.74, 6) is -2.29. The van der Waals surface area contributed by atoms with E-state index in [1.54, 1.807) is 11.9 Å². The Morgan fingerprint density at radius 3 is 2.00 bits per heavy atom. The average Bonchev–Trinajstić information content (AvgIpc) is 3.06. The second-order valence-electron chi connectivity index (χ2n) is 15.0. The van der Waals surface area contributed by atoms with Crippen molar-refractivity contribution in [2.45, 2.75) is 148 Å². The van der Waals surface area contributed by atoms with E-state index in [0.29, 0.717) is 25.9 Å². The Hall–Kier alpha value is -2.77. The number of hydrogen-bond donors (Lipinski definition) is 6. The monoisotopic (exact) mass is 694 g/mol. The summed E-state index contributed by atoms with van der Waals surface area (Å²) < 4.78 is 0. The first kappa shape index (κ1) is 42.4. The summed E-state index contributed by atoms with van der Waals surface area (Å²) in [7, 11) is 1.68. The lowest BCUT2D eigenvalue weighted by molar-refractivity contribution is -0.145. The second-order valence-corrected chi connectivity index (χ2v) is 15.0. The molecule has 1 saturated carbocycles. The molecule has 5 amide bonds. The molecule has 0 aromatic carbocycles. The van der Waals surface area contributed by atoms with Gasteiger partial charge in [0, 0.05) is 26.7 Å². The standard InChI is InChI=1S/C36H67N7O6/c1-8-9-10-14-18-43-19-17-38-34(47)30(25(6)44)40-32(45)27(22-37)39-35(48)31(26-15-12-11-13-16-26)41-33(46)28(20-23(2)3)42(7)36(49)29(43)21-24(4)5/h23-31,44H,8-22,37H2,1-7H3,(H,38,47)(H,39,48)(H,40,45)(H,41,46)/t25-,27-,28-,29-,30-,31-/m0/s1. The third-order valence-corrected chi connectivity index (χ3v) is 9.86. The summed E-state index contributed by atoms with van der Waals surface area (Å²) in [4.78, 5) is 73.0. The Kier molecular flexibility index (Phi) is 18.6. The molecule has 2 fully saturated rings. The van der Waals surface area contributed by atoms with Crippen molar-refractivity contribution in [3.05, 3.63) is 0 Å². The minimum atomic E-state index is -1.29. The first-order valence-corrected chi connectivity index (χ1v) is 18.8. The third kappa shape index (κ3) is 13.5. The molecule has 0 spiro atoms. The van der Waals surface area contributed by atoms with Gasteiger partial charge in [-0.05, 0) is 63.3 Å². The van der Waals surface area contributed by atoms with E-state index in [2.05, 4.69) is 46.9 Å². The number of amides is 5. The Balaban J connectivity index is 2.62. The van der Waals surface area contributed by atoms with Crippen LogP contribution in [-0.2, 0) is 24.0 Å². The minimum Gasteiger partial charge on any atom is -0.391 e. The number of carbonyl (C=O) groups is 5. The molecule has 0 aromatic rings. The molecule has 0 radical (unpaired) electrons. The van der Waals surface area contributed by atoms with E-state index in [0.717, 1.165) is 57.8 Å². The topological polar surface area (TPSA) is 186 Å². The van der Waals surface area contributed by atoms with Crippen LogP contribution in [-0.4, -0.2) is 114 Å². The number of aliphatic hydroxyl groups is 1. The van der Waals surface area contributed by atoms with Crippen molar-refractivity contribution in [1.29, 1.82) is 0 Å². The van der Waals surface area contributed by atoms with Crippen molar-refractivity contribution in [2.75, 3.05) is 33.2 Å². The molecule has 1 heterocycles. The number of carbonyl (C=O) groups excluding carboxylic acids is 5. The first-order valence-electron chi connectivity index (χ1n) is 18.8. The number of rotatable bonds is 12. The maximum atomic E-state index is 14.5. The van der Waals surface area contributed by atoms with Crippen LogP contribution >= 0.6 is 0 Å². The van der Waals surface area contributed by atoms with Gasteiger partial charge in [-0.2, -0.15) is 0 Å². The highest BCUT2D eigenvalue weighted by molar-refractivity contribution is 5.96. The molecule has 1 saturated heterocycles. The van der Waals surface area contributed by atoms with Gasteiger partial charge in [0.25, 0.3) is 0 Å². The van der Waals surface area contributed by atoms with Crippen LogP contribution in [0.25, 0.3) is 0 Å². The predicted molar refractivity (Wildman–Crippen MR) is 191 cm³/mol. The van der Waals surface area contributed by atoms with Gasteiger partial charge in [-0.25, -0.2) is 0 Å². The van der Waals surface area contributed by atoms with Crippen LogP contribution in [0.4, 0.5) is 0 Å². The van der Waals surface area contributed by atoms with Crippen LogP contribution in [0, 0.1) is 17.8 Å². The first-order chi connectivity index (χ1) is 23.2. The van der Waals surface area contributed by atoms with Gasteiger partial charge in [0.1, 0.15) is 24.2 Å².